The van der Waals surface area contributed by atoms with Crippen molar-refractivity contribution < 1.29 is 9.90 Å². The molecule has 6 nitrogen and oxygen atoms in total. The van der Waals surface area contributed by atoms with Crippen LogP contribution in [0.4, 0.5) is 11.4 Å². The summed E-state index contributed by atoms with van der Waals surface area (Å²) in [5.41, 5.74) is 1.79. The zero-order valence-electron chi connectivity index (χ0n) is 15.5. The van der Waals surface area contributed by atoms with Gasteiger partial charge in [0.1, 0.15) is 0 Å². The Bertz CT molecular complexity index is 1280. The number of nitrogens with one attached hydrogen (secondary N) is 1. The van der Waals surface area contributed by atoms with Crippen LogP contribution in [0, 0.1) is 12.3 Å². The summed E-state index contributed by atoms with van der Waals surface area (Å²) in [4.78, 5) is 12.2. The summed E-state index contributed by atoms with van der Waals surface area (Å²) in [6.45, 7) is 0.185. The lowest BCUT2D eigenvalue weighted by molar-refractivity contribution is -0.116. The molecule has 0 atom stereocenters. The van der Waals surface area contributed by atoms with Crippen molar-refractivity contribution in [1.29, 1.82) is 0 Å². The van der Waals surface area contributed by atoms with Crippen LogP contribution in [0.15, 0.2) is 77.0 Å². The number of rotatable bonds is 5. The van der Waals surface area contributed by atoms with E-state index in [4.69, 9.17) is 6.42 Å². The van der Waals surface area contributed by atoms with E-state index >= 15 is 0 Å². The molecule has 0 aliphatic heterocycles. The van der Waals surface area contributed by atoms with Gasteiger partial charge in [-0.15, -0.1) is 16.7 Å². The smallest absolute Gasteiger partial charge is 0.283 e. The van der Waals surface area contributed by atoms with Gasteiger partial charge in [-0.2, -0.15) is 0 Å². The second-order valence-electron chi connectivity index (χ2n) is 6.49. The Morgan fingerprint density at radius 2 is 1.83 bits per heavy atom. The lowest BCUT2D eigenvalue weighted by atomic mass is 10.1. The van der Waals surface area contributed by atoms with Gasteiger partial charge in [-0.25, -0.2) is 0 Å². The van der Waals surface area contributed by atoms with Crippen molar-refractivity contribution in [2.24, 2.45) is 10.2 Å². The van der Waals surface area contributed by atoms with Crippen LogP contribution in [0.25, 0.3) is 21.7 Å². The predicted molar refractivity (Wildman–Crippen MR) is 114 cm³/mol. The van der Waals surface area contributed by atoms with Gasteiger partial charge in [0.15, 0.2) is 5.69 Å². The minimum absolute atomic E-state index is 0.00833. The highest BCUT2D eigenvalue weighted by atomic mass is 16.3. The molecule has 0 bridgehead atoms. The zero-order valence-corrected chi connectivity index (χ0v) is 15.5. The van der Waals surface area contributed by atoms with Gasteiger partial charge in [-0.3, -0.25) is 9.36 Å². The molecule has 142 valence electrons. The summed E-state index contributed by atoms with van der Waals surface area (Å²) in [5, 5.41) is 24.1. The first-order chi connectivity index (χ1) is 14.2. The Morgan fingerprint density at radius 3 is 2.66 bits per heavy atom. The Labute approximate surface area is 167 Å². The lowest BCUT2D eigenvalue weighted by Gasteiger charge is -2.05. The summed E-state index contributed by atoms with van der Waals surface area (Å²) in [6.07, 6.45) is 5.38. The number of nitrogens with zero attached hydrogens (tertiary/aromatic N) is 3. The fourth-order valence-electron chi connectivity index (χ4n) is 3.24. The third kappa shape index (κ3) is 3.66. The number of terminal acetylenes is 1. The van der Waals surface area contributed by atoms with Crippen LogP contribution in [0.2, 0.25) is 0 Å². The summed E-state index contributed by atoms with van der Waals surface area (Å²) in [5.74, 6) is 1.94. The number of hydrogen-bond acceptors (Lipinski definition) is 4. The molecule has 29 heavy (non-hydrogen) atoms. The number of hydrogen-bond donors (Lipinski definition) is 2. The normalized spacial score (nSPS) is 11.1. The Kier molecular flexibility index (Phi) is 4.95. The molecule has 0 aliphatic rings. The fraction of sp³-hybridized carbons (Fsp3) is 0.0870. The van der Waals surface area contributed by atoms with Crippen LogP contribution in [-0.2, 0) is 11.3 Å². The van der Waals surface area contributed by atoms with Gasteiger partial charge in [-0.05, 0) is 29.0 Å². The van der Waals surface area contributed by atoms with Crippen LogP contribution in [-0.4, -0.2) is 22.1 Å². The van der Waals surface area contributed by atoms with E-state index in [-0.39, 0.29) is 24.7 Å². The molecule has 1 heterocycles. The molecule has 0 unspecified atom stereocenters. The van der Waals surface area contributed by atoms with Gasteiger partial charge >= 0.3 is 0 Å². The van der Waals surface area contributed by atoms with E-state index in [2.05, 4.69) is 21.5 Å². The number of aromatic hydroxyl groups is 1. The molecular formula is C23H18N4O2. The summed E-state index contributed by atoms with van der Waals surface area (Å²) in [7, 11) is 0. The maximum Gasteiger partial charge on any atom is 0.283 e. The van der Waals surface area contributed by atoms with Crippen molar-refractivity contribution in [2.75, 3.05) is 11.9 Å². The summed E-state index contributed by atoms with van der Waals surface area (Å²) >= 11 is 0. The molecule has 6 heteroatoms. The average molecular weight is 382 g/mol. The third-order valence-corrected chi connectivity index (χ3v) is 4.62. The monoisotopic (exact) mass is 382 g/mol. The van der Waals surface area contributed by atoms with Crippen molar-refractivity contribution in [3.05, 3.63) is 66.7 Å². The molecule has 4 rings (SSSR count). The van der Waals surface area contributed by atoms with E-state index in [1.165, 1.54) is 0 Å². The number of azo groups is 1. The molecule has 0 radical (unpaired) electrons. The zero-order chi connectivity index (χ0) is 20.2. The first-order valence-corrected chi connectivity index (χ1v) is 9.08. The van der Waals surface area contributed by atoms with Crippen LogP contribution >= 0.6 is 0 Å². The first-order valence-electron chi connectivity index (χ1n) is 9.08. The highest BCUT2D eigenvalue weighted by molar-refractivity contribution is 5.95. The SMILES string of the molecule is C#CCn1c(O)c(N=NC(=O)CNc2ccc3ccccc3c2)c2ccccc21. The van der Waals surface area contributed by atoms with Gasteiger partial charge in [0.25, 0.3) is 5.91 Å². The van der Waals surface area contributed by atoms with Crippen LogP contribution < -0.4 is 5.32 Å². The van der Waals surface area contributed by atoms with Crippen LogP contribution in [0.1, 0.15) is 0 Å². The maximum absolute atomic E-state index is 12.2. The lowest BCUT2D eigenvalue weighted by Crippen LogP contribution is -2.10. The first kappa shape index (κ1) is 18.3. The standard InChI is InChI=1S/C23H18N4O2/c1-2-13-27-20-10-6-5-9-19(20)22(23(27)29)26-25-21(28)15-24-18-12-11-16-7-3-4-8-17(16)14-18/h1,3-12,14,24,29H,13,15H2. The Morgan fingerprint density at radius 1 is 1.07 bits per heavy atom. The van der Waals surface area contributed by atoms with Crippen LogP contribution in [0.5, 0.6) is 5.88 Å². The predicted octanol–water partition coefficient (Wildman–Crippen LogP) is 4.86. The quantitative estimate of drug-likeness (QED) is 0.382. The van der Waals surface area contributed by atoms with E-state index < -0.39 is 5.91 Å². The molecule has 0 fully saturated rings. The van der Waals surface area contributed by atoms with Gasteiger partial charge in [-0.1, -0.05) is 54.5 Å². The van der Waals surface area contributed by atoms with E-state index in [9.17, 15) is 9.90 Å². The highest BCUT2D eigenvalue weighted by Crippen LogP contribution is 2.38. The van der Waals surface area contributed by atoms with E-state index in [1.807, 2.05) is 60.7 Å². The molecule has 2 N–H and O–H groups in total. The molecule has 1 amide bonds. The van der Waals surface area contributed by atoms with Gasteiger partial charge in [0, 0.05) is 11.1 Å². The second kappa shape index (κ2) is 7.87. The number of carbonyl (C=O) groups is 1. The number of carbonyl (C=O) groups excluding carboxylic acids is 1. The number of amides is 1. The largest absolute Gasteiger partial charge is 0.493 e. The number of para-hydroxylation sites is 1. The Balaban J connectivity index is 1.51. The van der Waals surface area contributed by atoms with Crippen LogP contribution in [0.3, 0.4) is 0 Å². The third-order valence-electron chi connectivity index (χ3n) is 4.62. The molecule has 0 saturated heterocycles. The second-order valence-corrected chi connectivity index (χ2v) is 6.49. The number of anilines is 1. The van der Waals surface area contributed by atoms with Crippen molar-refractivity contribution in [2.45, 2.75) is 6.54 Å². The van der Waals surface area contributed by atoms with Crippen molar-refractivity contribution in [3.8, 4) is 18.2 Å². The minimum atomic E-state index is -0.452. The van der Waals surface area contributed by atoms with Crippen molar-refractivity contribution in [1.82, 2.24) is 4.57 Å². The molecule has 1 aromatic heterocycles. The number of aromatic nitrogens is 1. The van der Waals surface area contributed by atoms with E-state index in [0.717, 1.165) is 22.0 Å². The number of fused-ring (bicyclic) bond motifs is 2. The van der Waals surface area contributed by atoms with E-state index in [0.29, 0.717) is 5.39 Å². The topological polar surface area (TPSA) is 79.0 Å². The van der Waals surface area contributed by atoms with Crippen molar-refractivity contribution in [3.63, 3.8) is 0 Å². The Hall–Kier alpha value is -4.11. The highest BCUT2D eigenvalue weighted by Gasteiger charge is 2.16. The molecule has 0 spiro atoms. The fourth-order valence-corrected chi connectivity index (χ4v) is 3.24. The number of benzene rings is 3. The minimum Gasteiger partial charge on any atom is -0.493 e. The molecule has 3 aromatic carbocycles. The van der Waals surface area contributed by atoms with Gasteiger partial charge in [0.2, 0.25) is 5.88 Å². The molecule has 0 saturated carbocycles. The maximum atomic E-state index is 12.2. The molecular weight excluding hydrogens is 364 g/mol. The van der Waals surface area contributed by atoms with Gasteiger partial charge < -0.3 is 10.4 Å². The summed E-state index contributed by atoms with van der Waals surface area (Å²) in [6, 6.07) is 21.1. The molecule has 4 aromatic rings. The summed E-state index contributed by atoms with van der Waals surface area (Å²) < 4.78 is 1.56. The van der Waals surface area contributed by atoms with E-state index in [1.54, 1.807) is 10.6 Å². The molecule has 0 aliphatic carbocycles. The van der Waals surface area contributed by atoms with Gasteiger partial charge in [0.05, 0.1) is 18.6 Å². The average Bonchev–Trinajstić information content (AvgIpc) is 3.02. The van der Waals surface area contributed by atoms with Crippen molar-refractivity contribution >= 4 is 39.0 Å².